The Morgan fingerprint density at radius 2 is 2.24 bits per heavy atom. The van der Waals surface area contributed by atoms with E-state index in [4.69, 9.17) is 10.9 Å². The fourth-order valence-electron chi connectivity index (χ4n) is 1.23. The highest BCUT2D eigenvalue weighted by Gasteiger charge is 2.16. The molecule has 0 bridgehead atoms. The normalized spacial score (nSPS) is 11.3. The molecule has 0 unspecified atom stereocenters. The van der Waals surface area contributed by atoms with E-state index in [-0.39, 0.29) is 23.7 Å². The molecule has 1 amide bonds. The first-order valence-electron chi connectivity index (χ1n) is 4.66. The molecule has 0 saturated carbocycles. The fourth-order valence-corrected chi connectivity index (χ4v) is 1.72. The summed E-state index contributed by atoms with van der Waals surface area (Å²) in [4.78, 5) is 13.2. The van der Waals surface area contributed by atoms with Gasteiger partial charge in [-0.15, -0.1) is 0 Å². The van der Waals surface area contributed by atoms with Gasteiger partial charge in [-0.05, 0) is 40.8 Å². The zero-order valence-corrected chi connectivity index (χ0v) is 11.2. The number of carbonyl (C=O) groups excluding carboxylic acids is 1. The van der Waals surface area contributed by atoms with E-state index < -0.39 is 5.91 Å². The Morgan fingerprint density at radius 1 is 1.59 bits per heavy atom. The highest BCUT2D eigenvalue weighted by atomic mass is 127. The Hall–Kier alpha value is -1.51. The smallest absolute Gasteiger partial charge is 0.257 e. The summed E-state index contributed by atoms with van der Waals surface area (Å²) >= 11 is 2.04. The molecule has 6 nitrogen and oxygen atoms in total. The second-order valence-corrected chi connectivity index (χ2v) is 4.66. The molecule has 1 rings (SSSR count). The van der Waals surface area contributed by atoms with Crippen molar-refractivity contribution < 1.29 is 15.1 Å². The van der Waals surface area contributed by atoms with Crippen LogP contribution in [0.3, 0.4) is 0 Å². The first kappa shape index (κ1) is 13.6. The van der Waals surface area contributed by atoms with Crippen LogP contribution < -0.4 is 5.73 Å². The van der Waals surface area contributed by atoms with Crippen LogP contribution in [0.25, 0.3) is 0 Å². The maximum Gasteiger partial charge on any atom is 0.257 e. The van der Waals surface area contributed by atoms with Gasteiger partial charge in [0.05, 0.1) is 12.1 Å². The third-order valence-electron chi connectivity index (χ3n) is 2.06. The van der Waals surface area contributed by atoms with Crippen molar-refractivity contribution in [2.45, 2.75) is 0 Å². The van der Waals surface area contributed by atoms with E-state index in [9.17, 15) is 9.90 Å². The lowest BCUT2D eigenvalue weighted by molar-refractivity contribution is 0.0810. The summed E-state index contributed by atoms with van der Waals surface area (Å²) in [6.07, 6.45) is 0. The molecule has 0 aliphatic carbocycles. The monoisotopic (exact) mass is 349 g/mol. The lowest BCUT2D eigenvalue weighted by Gasteiger charge is -2.16. The van der Waals surface area contributed by atoms with Crippen LogP contribution in [-0.2, 0) is 0 Å². The van der Waals surface area contributed by atoms with Crippen LogP contribution in [0, 0.1) is 3.57 Å². The van der Waals surface area contributed by atoms with Crippen LogP contribution >= 0.6 is 22.6 Å². The van der Waals surface area contributed by atoms with Crippen molar-refractivity contribution in [1.29, 1.82) is 0 Å². The molecule has 0 aliphatic heterocycles. The fraction of sp³-hybridized carbons (Fsp3) is 0.200. The number of amidine groups is 1. The molecule has 17 heavy (non-hydrogen) atoms. The Morgan fingerprint density at radius 3 is 2.82 bits per heavy atom. The number of oxime groups is 1. The minimum Gasteiger partial charge on any atom is -0.507 e. The Balaban J connectivity index is 2.92. The van der Waals surface area contributed by atoms with Gasteiger partial charge in [0.2, 0.25) is 0 Å². The summed E-state index contributed by atoms with van der Waals surface area (Å²) in [6, 6.07) is 4.71. The highest BCUT2D eigenvalue weighted by molar-refractivity contribution is 14.1. The number of phenols is 1. The molecule has 0 spiro atoms. The van der Waals surface area contributed by atoms with Crippen LogP contribution in [0.4, 0.5) is 0 Å². The minimum atomic E-state index is -0.396. The van der Waals surface area contributed by atoms with Crippen molar-refractivity contribution in [2.75, 3.05) is 13.6 Å². The predicted molar refractivity (Wildman–Crippen MR) is 71.2 cm³/mol. The Labute approximate surface area is 112 Å². The van der Waals surface area contributed by atoms with E-state index in [1.165, 1.54) is 18.0 Å². The molecule has 0 radical (unpaired) electrons. The second kappa shape index (κ2) is 5.71. The number of nitrogens with two attached hydrogens (primary N) is 1. The molecule has 1 aromatic carbocycles. The third kappa shape index (κ3) is 3.48. The third-order valence-corrected chi connectivity index (χ3v) is 2.73. The molecule has 0 aliphatic rings. The van der Waals surface area contributed by atoms with Crippen molar-refractivity contribution in [3.8, 4) is 5.75 Å². The summed E-state index contributed by atoms with van der Waals surface area (Å²) < 4.78 is 0.834. The average Bonchev–Trinajstić information content (AvgIpc) is 2.31. The number of nitrogens with zero attached hydrogens (tertiary/aromatic N) is 2. The molecule has 4 N–H and O–H groups in total. The van der Waals surface area contributed by atoms with Crippen molar-refractivity contribution >= 4 is 34.3 Å². The topological polar surface area (TPSA) is 99.1 Å². The predicted octanol–water partition coefficient (Wildman–Crippen LogP) is 0.815. The Kier molecular flexibility index (Phi) is 4.55. The molecule has 92 valence electrons. The van der Waals surface area contributed by atoms with Crippen LogP contribution in [-0.4, -0.2) is 40.5 Å². The number of hydrogen-bond donors (Lipinski definition) is 3. The van der Waals surface area contributed by atoms with E-state index in [0.29, 0.717) is 0 Å². The number of carbonyl (C=O) groups is 1. The first-order valence-corrected chi connectivity index (χ1v) is 5.74. The van der Waals surface area contributed by atoms with Crippen molar-refractivity contribution in [2.24, 2.45) is 10.9 Å². The highest BCUT2D eigenvalue weighted by Crippen LogP contribution is 2.20. The van der Waals surface area contributed by atoms with Crippen molar-refractivity contribution in [3.05, 3.63) is 27.3 Å². The van der Waals surface area contributed by atoms with E-state index in [1.54, 1.807) is 12.1 Å². The number of phenolic OH excluding ortho intramolecular Hbond substituents is 1. The summed E-state index contributed by atoms with van der Waals surface area (Å²) in [7, 11) is 1.50. The van der Waals surface area contributed by atoms with Gasteiger partial charge in [-0.25, -0.2) is 0 Å². The Bertz CT molecular complexity index is 462. The quantitative estimate of drug-likeness (QED) is 0.247. The van der Waals surface area contributed by atoms with E-state index >= 15 is 0 Å². The number of likely N-dealkylation sites (N-methyl/N-ethyl adjacent to an activating group) is 1. The van der Waals surface area contributed by atoms with Gasteiger partial charge in [-0.3, -0.25) is 4.79 Å². The van der Waals surface area contributed by atoms with Gasteiger partial charge in [0.1, 0.15) is 5.75 Å². The van der Waals surface area contributed by atoms with Gasteiger partial charge in [0, 0.05) is 10.6 Å². The number of amides is 1. The van der Waals surface area contributed by atoms with Crippen LogP contribution in [0.5, 0.6) is 5.75 Å². The number of halogens is 1. The zero-order valence-electron chi connectivity index (χ0n) is 9.09. The van der Waals surface area contributed by atoms with Crippen molar-refractivity contribution in [1.82, 2.24) is 4.90 Å². The van der Waals surface area contributed by atoms with Crippen LogP contribution in [0.2, 0.25) is 0 Å². The van der Waals surface area contributed by atoms with E-state index in [2.05, 4.69) is 5.16 Å². The number of rotatable bonds is 3. The standard InChI is InChI=1S/C10H12IN3O3/c1-14(5-9(12)13-17)10(16)7-4-6(11)2-3-8(7)15/h2-4,15,17H,5H2,1H3,(H2,12,13). The second-order valence-electron chi connectivity index (χ2n) is 3.41. The van der Waals surface area contributed by atoms with Gasteiger partial charge in [0.15, 0.2) is 5.84 Å². The largest absolute Gasteiger partial charge is 0.507 e. The summed E-state index contributed by atoms with van der Waals surface area (Å²) in [5, 5.41) is 20.8. The molecular weight excluding hydrogens is 337 g/mol. The van der Waals surface area contributed by atoms with Gasteiger partial charge >= 0.3 is 0 Å². The number of benzene rings is 1. The number of hydrogen-bond acceptors (Lipinski definition) is 4. The van der Waals surface area contributed by atoms with Crippen molar-refractivity contribution in [3.63, 3.8) is 0 Å². The SMILES string of the molecule is CN(C/C(N)=N/O)C(=O)c1cc(I)ccc1O. The average molecular weight is 349 g/mol. The number of aromatic hydroxyl groups is 1. The van der Waals surface area contributed by atoms with Gasteiger partial charge in [-0.1, -0.05) is 5.16 Å². The van der Waals surface area contributed by atoms with E-state index in [0.717, 1.165) is 3.57 Å². The first-order chi connectivity index (χ1) is 7.95. The molecule has 0 heterocycles. The molecule has 7 heteroatoms. The summed E-state index contributed by atoms with van der Waals surface area (Å²) in [5.41, 5.74) is 5.49. The summed E-state index contributed by atoms with van der Waals surface area (Å²) in [6.45, 7) is -0.0136. The molecule has 0 fully saturated rings. The molecule has 0 saturated heterocycles. The van der Waals surface area contributed by atoms with Crippen LogP contribution in [0.1, 0.15) is 10.4 Å². The lowest BCUT2D eigenvalue weighted by atomic mass is 10.2. The molecule has 0 atom stereocenters. The summed E-state index contributed by atoms with van der Waals surface area (Å²) in [5.74, 6) is -0.569. The lowest BCUT2D eigenvalue weighted by Crippen LogP contribution is -2.35. The zero-order chi connectivity index (χ0) is 13.0. The maximum absolute atomic E-state index is 11.9. The van der Waals surface area contributed by atoms with Gasteiger partial charge in [-0.2, -0.15) is 0 Å². The molecule has 1 aromatic rings. The van der Waals surface area contributed by atoms with Gasteiger partial charge < -0.3 is 20.9 Å². The van der Waals surface area contributed by atoms with E-state index in [1.807, 2.05) is 22.6 Å². The minimum absolute atomic E-state index is 0.0136. The van der Waals surface area contributed by atoms with Crippen LogP contribution in [0.15, 0.2) is 23.4 Å². The van der Waals surface area contributed by atoms with Gasteiger partial charge in [0.25, 0.3) is 5.91 Å². The molecule has 0 aromatic heterocycles. The maximum atomic E-state index is 11.9. The molecular formula is C10H12IN3O3.